The van der Waals surface area contributed by atoms with E-state index in [4.69, 9.17) is 5.10 Å². The highest BCUT2D eigenvalue weighted by Crippen LogP contribution is 2.26. The predicted octanol–water partition coefficient (Wildman–Crippen LogP) is 5.45. The Labute approximate surface area is 204 Å². The Morgan fingerprint density at radius 3 is 2.40 bits per heavy atom. The van der Waals surface area contributed by atoms with E-state index in [2.05, 4.69) is 23.9 Å². The summed E-state index contributed by atoms with van der Waals surface area (Å²) in [5.74, 6) is -0.0738. The Morgan fingerprint density at radius 1 is 1.03 bits per heavy atom. The van der Waals surface area contributed by atoms with Gasteiger partial charge in [-0.25, -0.2) is 14.3 Å². The first-order valence-corrected chi connectivity index (χ1v) is 11.7. The molecule has 0 saturated heterocycles. The summed E-state index contributed by atoms with van der Waals surface area (Å²) < 4.78 is 3.73. The van der Waals surface area contributed by atoms with Crippen molar-refractivity contribution >= 4 is 16.9 Å². The molecular weight excluding hydrogens is 436 g/mol. The summed E-state index contributed by atoms with van der Waals surface area (Å²) in [6.45, 7) is 6.43. The highest BCUT2D eigenvalue weighted by atomic mass is 16.2. The first-order chi connectivity index (χ1) is 16.9. The maximum atomic E-state index is 13.7. The summed E-state index contributed by atoms with van der Waals surface area (Å²) in [6, 6.07) is 22.1. The second-order valence-electron chi connectivity index (χ2n) is 9.04. The summed E-state index contributed by atoms with van der Waals surface area (Å²) >= 11 is 0. The van der Waals surface area contributed by atoms with Crippen molar-refractivity contribution < 1.29 is 4.79 Å². The van der Waals surface area contributed by atoms with Crippen molar-refractivity contribution in [3.8, 4) is 16.9 Å². The lowest BCUT2D eigenvalue weighted by atomic mass is 10.1. The smallest absolute Gasteiger partial charge is 0.254 e. The number of aryl methyl sites for hydroxylation is 1. The minimum Gasteiger partial charge on any atom is -0.337 e. The summed E-state index contributed by atoms with van der Waals surface area (Å²) in [7, 11) is 1.82. The molecule has 0 aliphatic carbocycles. The van der Waals surface area contributed by atoms with Crippen LogP contribution in [-0.4, -0.2) is 42.4 Å². The Balaban J connectivity index is 1.52. The molecule has 0 aliphatic heterocycles. The molecule has 5 aromatic rings. The van der Waals surface area contributed by atoms with E-state index in [0.29, 0.717) is 12.1 Å². The Morgan fingerprint density at radius 2 is 1.71 bits per heavy atom. The highest BCUT2D eigenvalue weighted by Gasteiger charge is 2.22. The fourth-order valence-corrected chi connectivity index (χ4v) is 4.31. The largest absolute Gasteiger partial charge is 0.337 e. The first kappa shape index (κ1) is 22.5. The molecule has 0 bridgehead atoms. The maximum absolute atomic E-state index is 13.7. The highest BCUT2D eigenvalue weighted by molar-refractivity contribution is 6.05. The minimum atomic E-state index is -0.0738. The summed E-state index contributed by atoms with van der Waals surface area (Å²) in [6.07, 6.45) is 3.75. The van der Waals surface area contributed by atoms with Crippen LogP contribution in [0.4, 0.5) is 0 Å². The van der Waals surface area contributed by atoms with E-state index in [1.54, 1.807) is 11.1 Å². The number of hydrogen-bond donors (Lipinski definition) is 0. The molecule has 35 heavy (non-hydrogen) atoms. The van der Waals surface area contributed by atoms with Gasteiger partial charge in [0.1, 0.15) is 0 Å². The molecule has 5 rings (SSSR count). The van der Waals surface area contributed by atoms with Gasteiger partial charge < -0.3 is 4.90 Å². The van der Waals surface area contributed by atoms with E-state index in [1.165, 1.54) is 0 Å². The normalized spacial score (nSPS) is 11.3. The molecule has 0 fully saturated rings. The van der Waals surface area contributed by atoms with Gasteiger partial charge in [-0.15, -0.1) is 0 Å². The first-order valence-electron chi connectivity index (χ1n) is 11.7. The number of para-hydroxylation sites is 1. The average Bonchev–Trinajstić information content (AvgIpc) is 3.49. The zero-order valence-corrected chi connectivity index (χ0v) is 20.4. The number of nitrogens with zero attached hydrogens (tertiary/aromatic N) is 6. The lowest BCUT2D eigenvalue weighted by Crippen LogP contribution is -2.26. The molecule has 0 saturated carbocycles. The average molecular weight is 465 g/mol. The maximum Gasteiger partial charge on any atom is 0.254 e. The molecule has 0 radical (unpaired) electrons. The summed E-state index contributed by atoms with van der Waals surface area (Å²) in [5, 5.41) is 10.1. The van der Waals surface area contributed by atoms with Gasteiger partial charge in [-0.3, -0.25) is 4.79 Å². The van der Waals surface area contributed by atoms with Gasteiger partial charge in [0.05, 0.1) is 28.5 Å². The van der Waals surface area contributed by atoms with Crippen LogP contribution < -0.4 is 0 Å². The van der Waals surface area contributed by atoms with Gasteiger partial charge in [0.2, 0.25) is 0 Å². The van der Waals surface area contributed by atoms with Crippen LogP contribution in [0.25, 0.3) is 28.0 Å². The lowest BCUT2D eigenvalue weighted by molar-refractivity contribution is 0.0787. The van der Waals surface area contributed by atoms with Crippen LogP contribution in [0.5, 0.6) is 0 Å². The molecule has 2 aromatic carbocycles. The van der Waals surface area contributed by atoms with Gasteiger partial charge in [-0.05, 0) is 39.0 Å². The third-order valence-electron chi connectivity index (χ3n) is 6.03. The number of carbonyl (C=O) groups is 1. The number of fused-ring (bicyclic) bond motifs is 1. The van der Waals surface area contributed by atoms with Crippen LogP contribution in [0.15, 0.2) is 79.1 Å². The number of rotatable bonds is 6. The van der Waals surface area contributed by atoms with E-state index in [-0.39, 0.29) is 11.9 Å². The van der Waals surface area contributed by atoms with Crippen molar-refractivity contribution in [1.29, 1.82) is 0 Å². The Bertz CT molecular complexity index is 1480. The zero-order chi connectivity index (χ0) is 24.5. The Hall–Kier alpha value is -4.26. The summed E-state index contributed by atoms with van der Waals surface area (Å²) in [5.41, 5.74) is 5.94. The van der Waals surface area contributed by atoms with Crippen LogP contribution in [0.2, 0.25) is 0 Å². The van der Waals surface area contributed by atoms with Gasteiger partial charge in [0.15, 0.2) is 5.65 Å². The van der Waals surface area contributed by atoms with Crippen molar-refractivity contribution in [2.45, 2.75) is 33.4 Å². The molecule has 1 amide bonds. The molecule has 0 atom stereocenters. The Kier molecular flexibility index (Phi) is 5.91. The number of benzene rings is 2. The fourth-order valence-electron chi connectivity index (χ4n) is 4.31. The van der Waals surface area contributed by atoms with Crippen molar-refractivity contribution in [3.63, 3.8) is 0 Å². The molecule has 3 aromatic heterocycles. The molecule has 3 heterocycles. The molecule has 176 valence electrons. The SMILES string of the molecule is Cc1cc(C(=O)N(C)Cc2cn(-c3ccccc3)nc2-c2ccccc2)c2cnn(C(C)C)c2n1. The predicted molar refractivity (Wildman–Crippen MR) is 137 cm³/mol. The molecule has 7 heteroatoms. The number of hydrogen-bond acceptors (Lipinski definition) is 4. The molecule has 0 spiro atoms. The number of pyridine rings is 1. The molecule has 0 unspecified atom stereocenters. The quantitative estimate of drug-likeness (QED) is 0.335. The van der Waals surface area contributed by atoms with Gasteiger partial charge in [-0.1, -0.05) is 48.5 Å². The molecular formula is C28H28N6O. The van der Waals surface area contributed by atoms with Crippen LogP contribution in [0, 0.1) is 6.92 Å². The summed E-state index contributed by atoms with van der Waals surface area (Å²) in [4.78, 5) is 20.0. The van der Waals surface area contributed by atoms with E-state index in [0.717, 1.165) is 39.2 Å². The third kappa shape index (κ3) is 4.33. The van der Waals surface area contributed by atoms with Crippen LogP contribution in [-0.2, 0) is 6.54 Å². The van der Waals surface area contributed by atoms with Gasteiger partial charge >= 0.3 is 0 Å². The van der Waals surface area contributed by atoms with Crippen molar-refractivity contribution in [1.82, 2.24) is 29.4 Å². The van der Waals surface area contributed by atoms with Gasteiger partial charge in [0, 0.05) is 42.7 Å². The topological polar surface area (TPSA) is 68.8 Å². The third-order valence-corrected chi connectivity index (χ3v) is 6.03. The second-order valence-corrected chi connectivity index (χ2v) is 9.04. The van der Waals surface area contributed by atoms with Crippen LogP contribution >= 0.6 is 0 Å². The van der Waals surface area contributed by atoms with E-state index >= 15 is 0 Å². The number of carbonyl (C=O) groups excluding carboxylic acids is 1. The van der Waals surface area contributed by atoms with Crippen LogP contribution in [0.1, 0.15) is 41.5 Å². The molecule has 7 nitrogen and oxygen atoms in total. The monoisotopic (exact) mass is 464 g/mol. The minimum absolute atomic E-state index is 0.0738. The zero-order valence-electron chi connectivity index (χ0n) is 20.4. The number of aromatic nitrogens is 5. The van der Waals surface area contributed by atoms with Crippen LogP contribution in [0.3, 0.4) is 0 Å². The van der Waals surface area contributed by atoms with Gasteiger partial charge in [-0.2, -0.15) is 10.2 Å². The van der Waals surface area contributed by atoms with Gasteiger partial charge in [0.25, 0.3) is 5.91 Å². The molecule has 0 aliphatic rings. The molecule has 0 N–H and O–H groups in total. The lowest BCUT2D eigenvalue weighted by Gasteiger charge is -2.18. The van der Waals surface area contributed by atoms with E-state index in [9.17, 15) is 4.79 Å². The van der Waals surface area contributed by atoms with Crippen molar-refractivity contribution in [2.24, 2.45) is 0 Å². The van der Waals surface area contributed by atoms with Crippen molar-refractivity contribution in [3.05, 3.63) is 95.9 Å². The number of amides is 1. The standard InChI is InChI=1S/C28H28N6O/c1-19(2)34-27-25(16-29-34)24(15-20(3)30-27)28(35)32(4)17-22-18-33(23-13-9-6-10-14-23)31-26(22)21-11-7-5-8-12-21/h5-16,18-19H,17H2,1-4H3. The van der Waals surface area contributed by atoms with E-state index < -0.39 is 0 Å². The van der Waals surface area contributed by atoms with E-state index in [1.807, 2.05) is 96.3 Å². The van der Waals surface area contributed by atoms with Crippen molar-refractivity contribution in [2.75, 3.05) is 7.05 Å². The second kappa shape index (κ2) is 9.18. The fraction of sp³-hybridized carbons (Fsp3) is 0.214.